The van der Waals surface area contributed by atoms with Gasteiger partial charge in [-0.2, -0.15) is 0 Å². The van der Waals surface area contributed by atoms with E-state index in [1.807, 2.05) is 27.7 Å². The number of nitrogens with zero attached hydrogens (tertiary/aromatic N) is 1. The summed E-state index contributed by atoms with van der Waals surface area (Å²) in [5, 5.41) is 0. The second-order valence-electron chi connectivity index (χ2n) is 6.99. The van der Waals surface area contributed by atoms with Gasteiger partial charge in [0, 0.05) is 6.54 Å². The Morgan fingerprint density at radius 1 is 1.38 bits per heavy atom. The van der Waals surface area contributed by atoms with Gasteiger partial charge in [-0.15, -0.1) is 0 Å². The average Bonchev–Trinajstić information content (AvgIpc) is 2.57. The molecule has 1 N–H and O–H groups in total. The van der Waals surface area contributed by atoms with E-state index in [0.29, 0.717) is 23.7 Å². The molecule has 0 bridgehead atoms. The minimum absolute atomic E-state index is 0.0320. The van der Waals surface area contributed by atoms with Crippen molar-refractivity contribution in [3.8, 4) is 5.75 Å². The van der Waals surface area contributed by atoms with Gasteiger partial charge in [0.1, 0.15) is 17.0 Å². The average molecular weight is 419 g/mol. The first kappa shape index (κ1) is 19.1. The van der Waals surface area contributed by atoms with E-state index in [4.69, 9.17) is 4.74 Å². The van der Waals surface area contributed by atoms with E-state index in [9.17, 15) is 13.2 Å². The number of amides is 1. The van der Waals surface area contributed by atoms with E-state index in [-0.39, 0.29) is 23.1 Å². The smallest absolute Gasteiger partial charge is 0.242 e. The van der Waals surface area contributed by atoms with E-state index >= 15 is 0 Å². The molecule has 1 heterocycles. The Morgan fingerprint density at radius 2 is 2.04 bits per heavy atom. The monoisotopic (exact) mass is 418 g/mol. The molecule has 0 fully saturated rings. The molecule has 2 rings (SSSR count). The lowest BCUT2D eigenvalue weighted by Gasteiger charge is -2.29. The van der Waals surface area contributed by atoms with Crippen LogP contribution in [0.3, 0.4) is 0 Å². The highest BCUT2D eigenvalue weighted by Gasteiger charge is 2.38. The minimum atomic E-state index is -3.46. The molecule has 0 aromatic heterocycles. The number of nitrogens with one attached hydrogen (secondary N) is 1. The first-order valence-corrected chi connectivity index (χ1v) is 10.5. The summed E-state index contributed by atoms with van der Waals surface area (Å²) in [6.45, 7) is 8.57. The van der Waals surface area contributed by atoms with Gasteiger partial charge in [-0.25, -0.2) is 8.42 Å². The first-order valence-electron chi connectivity index (χ1n) is 7.71. The fourth-order valence-electron chi connectivity index (χ4n) is 2.46. The topological polar surface area (TPSA) is 75.7 Å². The van der Waals surface area contributed by atoms with Crippen LogP contribution in [0, 0.1) is 11.3 Å². The largest absolute Gasteiger partial charge is 0.490 e. The SMILES string of the molecule is CC(C)CN1C(=O)C(C)(C)COc2ccc(NS(=O)(=O)CBr)cc21. The van der Waals surface area contributed by atoms with E-state index in [0.717, 1.165) is 0 Å². The van der Waals surface area contributed by atoms with Crippen molar-refractivity contribution in [3.05, 3.63) is 18.2 Å². The van der Waals surface area contributed by atoms with E-state index in [1.54, 1.807) is 23.1 Å². The van der Waals surface area contributed by atoms with Crippen LogP contribution in [0.2, 0.25) is 0 Å². The van der Waals surface area contributed by atoms with Crippen molar-refractivity contribution in [2.24, 2.45) is 11.3 Å². The highest BCUT2D eigenvalue weighted by atomic mass is 79.9. The van der Waals surface area contributed by atoms with Crippen LogP contribution in [0.25, 0.3) is 0 Å². The van der Waals surface area contributed by atoms with Crippen LogP contribution in [0.1, 0.15) is 27.7 Å². The molecular weight excluding hydrogens is 396 g/mol. The number of sulfonamides is 1. The van der Waals surface area contributed by atoms with Gasteiger partial charge in [-0.3, -0.25) is 9.52 Å². The maximum Gasteiger partial charge on any atom is 0.242 e. The molecule has 134 valence electrons. The number of carbonyl (C=O) groups excluding carboxylic acids is 1. The quantitative estimate of drug-likeness (QED) is 0.744. The summed E-state index contributed by atoms with van der Waals surface area (Å²) in [5.41, 5.74) is 0.343. The lowest BCUT2D eigenvalue weighted by Crippen LogP contribution is -2.43. The van der Waals surface area contributed by atoms with Crippen LogP contribution < -0.4 is 14.4 Å². The molecule has 1 aliphatic heterocycles. The molecular formula is C16H23BrN2O4S. The van der Waals surface area contributed by atoms with Crippen molar-refractivity contribution in [2.45, 2.75) is 27.7 Å². The Morgan fingerprint density at radius 3 is 2.62 bits per heavy atom. The van der Waals surface area contributed by atoms with E-state index in [1.165, 1.54) is 0 Å². The summed E-state index contributed by atoms with van der Waals surface area (Å²) in [7, 11) is -3.46. The van der Waals surface area contributed by atoms with Crippen molar-refractivity contribution >= 4 is 43.2 Å². The summed E-state index contributed by atoms with van der Waals surface area (Å²) in [5.74, 6) is 0.811. The fourth-order valence-corrected chi connectivity index (χ4v) is 3.35. The molecule has 0 radical (unpaired) electrons. The summed E-state index contributed by atoms with van der Waals surface area (Å²) in [6.07, 6.45) is 0. The van der Waals surface area contributed by atoms with Crippen molar-refractivity contribution in [1.29, 1.82) is 0 Å². The molecule has 6 nitrogen and oxygen atoms in total. The van der Waals surface area contributed by atoms with Gasteiger partial charge in [0.05, 0.1) is 16.8 Å². The Hall–Kier alpha value is -1.28. The number of hydrogen-bond donors (Lipinski definition) is 1. The lowest BCUT2D eigenvalue weighted by atomic mass is 9.92. The summed E-state index contributed by atoms with van der Waals surface area (Å²) in [6, 6.07) is 4.98. The Kier molecular flexibility index (Phi) is 5.49. The standard InChI is InChI=1S/C16H23BrN2O4S/c1-11(2)8-19-13-7-12(18-24(21,22)10-17)5-6-14(13)23-9-16(3,4)15(19)20/h5-7,11,18H,8-10H2,1-4H3. The number of carbonyl (C=O) groups is 1. The van der Waals surface area contributed by atoms with Gasteiger partial charge in [-0.05, 0) is 38.0 Å². The van der Waals surface area contributed by atoms with Crippen LogP contribution in [-0.4, -0.2) is 32.1 Å². The number of fused-ring (bicyclic) bond motifs is 1. The van der Waals surface area contributed by atoms with Crippen LogP contribution in [0.5, 0.6) is 5.75 Å². The highest BCUT2D eigenvalue weighted by Crippen LogP contribution is 2.38. The van der Waals surface area contributed by atoms with Crippen molar-refractivity contribution in [2.75, 3.05) is 27.4 Å². The zero-order valence-corrected chi connectivity index (χ0v) is 16.7. The second kappa shape index (κ2) is 6.92. The third kappa shape index (κ3) is 4.22. The molecule has 0 atom stereocenters. The number of anilines is 2. The maximum atomic E-state index is 12.9. The fraction of sp³-hybridized carbons (Fsp3) is 0.562. The molecule has 1 amide bonds. The zero-order chi connectivity index (χ0) is 18.1. The molecule has 0 aliphatic carbocycles. The predicted octanol–water partition coefficient (Wildman–Crippen LogP) is 3.19. The number of ether oxygens (including phenoxy) is 1. The molecule has 0 saturated carbocycles. The van der Waals surface area contributed by atoms with Crippen LogP contribution in [-0.2, 0) is 14.8 Å². The van der Waals surface area contributed by atoms with Gasteiger partial charge in [-0.1, -0.05) is 29.8 Å². The predicted molar refractivity (Wildman–Crippen MR) is 99.2 cm³/mol. The number of rotatable bonds is 5. The number of halogens is 1. The molecule has 1 aliphatic rings. The van der Waals surface area contributed by atoms with Crippen LogP contribution in [0.15, 0.2) is 18.2 Å². The van der Waals surface area contributed by atoms with Gasteiger partial charge >= 0.3 is 0 Å². The molecule has 0 spiro atoms. The summed E-state index contributed by atoms with van der Waals surface area (Å²) in [4.78, 5) is 14.6. The van der Waals surface area contributed by atoms with Crippen molar-refractivity contribution < 1.29 is 17.9 Å². The maximum absolute atomic E-state index is 12.9. The van der Waals surface area contributed by atoms with Gasteiger partial charge < -0.3 is 9.64 Å². The Labute approximate surface area is 151 Å². The third-order valence-electron chi connectivity index (χ3n) is 3.63. The van der Waals surface area contributed by atoms with Crippen molar-refractivity contribution in [3.63, 3.8) is 0 Å². The van der Waals surface area contributed by atoms with Crippen molar-refractivity contribution in [1.82, 2.24) is 0 Å². The Balaban J connectivity index is 2.49. The number of benzene rings is 1. The second-order valence-corrected chi connectivity index (χ2v) is 10.0. The van der Waals surface area contributed by atoms with Crippen LogP contribution in [0.4, 0.5) is 11.4 Å². The zero-order valence-electron chi connectivity index (χ0n) is 14.3. The molecule has 24 heavy (non-hydrogen) atoms. The molecule has 1 aromatic carbocycles. The molecule has 0 saturated heterocycles. The summed E-state index contributed by atoms with van der Waals surface area (Å²) >= 11 is 2.95. The summed E-state index contributed by atoms with van der Waals surface area (Å²) < 4.78 is 31.6. The molecule has 0 unspecified atom stereocenters. The molecule has 8 heteroatoms. The van der Waals surface area contributed by atoms with E-state index in [2.05, 4.69) is 20.7 Å². The molecule has 1 aromatic rings. The normalized spacial score (nSPS) is 17.2. The number of alkyl halides is 1. The Bertz CT molecular complexity index is 732. The minimum Gasteiger partial charge on any atom is -0.490 e. The van der Waals surface area contributed by atoms with Gasteiger partial charge in [0.2, 0.25) is 15.9 Å². The van der Waals surface area contributed by atoms with Gasteiger partial charge in [0.15, 0.2) is 0 Å². The first-order chi connectivity index (χ1) is 11.1. The lowest BCUT2D eigenvalue weighted by molar-refractivity contribution is -0.127. The third-order valence-corrected chi connectivity index (χ3v) is 6.27. The van der Waals surface area contributed by atoms with E-state index < -0.39 is 15.4 Å². The van der Waals surface area contributed by atoms with Gasteiger partial charge in [0.25, 0.3) is 0 Å². The van der Waals surface area contributed by atoms with Crippen LogP contribution >= 0.6 is 15.9 Å². The number of hydrogen-bond acceptors (Lipinski definition) is 4. The highest BCUT2D eigenvalue weighted by molar-refractivity contribution is 9.10.